The Balaban J connectivity index is 2.14. The van der Waals surface area contributed by atoms with E-state index >= 15 is 0 Å². The normalized spacial score (nSPS) is 12.2. The molecule has 0 saturated carbocycles. The third kappa shape index (κ3) is 7.43. The molecule has 0 fully saturated rings. The van der Waals surface area contributed by atoms with Crippen molar-refractivity contribution in [3.63, 3.8) is 0 Å². The number of amides is 1. The van der Waals surface area contributed by atoms with Crippen LogP contribution in [0.3, 0.4) is 0 Å². The van der Waals surface area contributed by atoms with Crippen LogP contribution in [-0.2, 0) is 16.1 Å². The molecule has 0 aliphatic heterocycles. The van der Waals surface area contributed by atoms with Crippen molar-refractivity contribution >= 4 is 6.09 Å². The average Bonchev–Trinajstić information content (AvgIpc) is 2.41. The van der Waals surface area contributed by atoms with Crippen molar-refractivity contribution < 1.29 is 19.4 Å². The molecular formula is C14H21NO4. The molecule has 1 atom stereocenters. The van der Waals surface area contributed by atoms with Gasteiger partial charge < -0.3 is 19.9 Å². The Morgan fingerprint density at radius 3 is 2.63 bits per heavy atom. The molecule has 0 bridgehead atoms. The van der Waals surface area contributed by atoms with Crippen LogP contribution in [0.15, 0.2) is 30.3 Å². The highest BCUT2D eigenvalue weighted by molar-refractivity contribution is 5.67. The van der Waals surface area contributed by atoms with Gasteiger partial charge >= 0.3 is 6.09 Å². The van der Waals surface area contributed by atoms with Gasteiger partial charge in [-0.3, -0.25) is 0 Å². The zero-order valence-corrected chi connectivity index (χ0v) is 11.3. The van der Waals surface area contributed by atoms with E-state index in [9.17, 15) is 9.90 Å². The Kier molecular flexibility index (Phi) is 6.92. The van der Waals surface area contributed by atoms with Crippen LogP contribution in [0.1, 0.15) is 19.4 Å². The third-order valence-electron chi connectivity index (χ3n) is 2.32. The zero-order valence-electron chi connectivity index (χ0n) is 11.3. The smallest absolute Gasteiger partial charge is 0.407 e. The van der Waals surface area contributed by atoms with Gasteiger partial charge in [0.05, 0.1) is 18.8 Å². The predicted molar refractivity (Wildman–Crippen MR) is 71.7 cm³/mol. The molecule has 1 aromatic carbocycles. The largest absolute Gasteiger partial charge is 0.445 e. The van der Waals surface area contributed by atoms with E-state index in [-0.39, 0.29) is 25.9 Å². The van der Waals surface area contributed by atoms with Gasteiger partial charge in [-0.15, -0.1) is 0 Å². The van der Waals surface area contributed by atoms with Crippen LogP contribution < -0.4 is 5.32 Å². The third-order valence-corrected chi connectivity index (χ3v) is 2.32. The first kappa shape index (κ1) is 15.5. The lowest BCUT2D eigenvalue weighted by Crippen LogP contribution is -2.35. The van der Waals surface area contributed by atoms with Gasteiger partial charge in [-0.1, -0.05) is 30.3 Å². The summed E-state index contributed by atoms with van der Waals surface area (Å²) in [6.07, 6.45) is -1.22. The van der Waals surface area contributed by atoms with Gasteiger partial charge in [0.15, 0.2) is 0 Å². The molecule has 1 aromatic rings. The number of aliphatic hydroxyl groups is 1. The van der Waals surface area contributed by atoms with Crippen LogP contribution in [0, 0.1) is 0 Å². The second kappa shape index (κ2) is 8.50. The molecule has 0 saturated heterocycles. The highest BCUT2D eigenvalue weighted by Gasteiger charge is 2.08. The molecule has 106 valence electrons. The topological polar surface area (TPSA) is 67.8 Å². The second-order valence-corrected chi connectivity index (χ2v) is 4.48. The van der Waals surface area contributed by atoms with Crippen LogP contribution >= 0.6 is 0 Å². The summed E-state index contributed by atoms with van der Waals surface area (Å²) in [4.78, 5) is 11.4. The lowest BCUT2D eigenvalue weighted by atomic mass is 10.2. The Hall–Kier alpha value is -1.59. The quantitative estimate of drug-likeness (QED) is 0.789. The Morgan fingerprint density at radius 1 is 1.32 bits per heavy atom. The van der Waals surface area contributed by atoms with Crippen molar-refractivity contribution in [3.05, 3.63) is 35.9 Å². The number of carbonyl (C=O) groups excluding carboxylic acids is 1. The summed E-state index contributed by atoms with van der Waals surface area (Å²) >= 11 is 0. The van der Waals surface area contributed by atoms with E-state index in [4.69, 9.17) is 9.47 Å². The molecule has 5 heteroatoms. The van der Waals surface area contributed by atoms with Crippen molar-refractivity contribution in [1.82, 2.24) is 5.32 Å². The van der Waals surface area contributed by atoms with Crippen LogP contribution in [0.25, 0.3) is 0 Å². The Labute approximate surface area is 113 Å². The zero-order chi connectivity index (χ0) is 14.1. The van der Waals surface area contributed by atoms with Crippen LogP contribution in [0.2, 0.25) is 0 Å². The van der Waals surface area contributed by atoms with E-state index in [2.05, 4.69) is 5.32 Å². The molecule has 1 amide bonds. The number of rotatable bonds is 7. The maximum Gasteiger partial charge on any atom is 0.407 e. The van der Waals surface area contributed by atoms with E-state index in [1.165, 1.54) is 0 Å². The molecule has 0 aliphatic rings. The van der Waals surface area contributed by atoms with Crippen molar-refractivity contribution in [2.24, 2.45) is 0 Å². The highest BCUT2D eigenvalue weighted by atomic mass is 16.5. The van der Waals surface area contributed by atoms with Crippen LogP contribution in [0.4, 0.5) is 4.79 Å². The minimum Gasteiger partial charge on any atom is -0.445 e. The fourth-order valence-corrected chi connectivity index (χ4v) is 1.34. The second-order valence-electron chi connectivity index (χ2n) is 4.48. The predicted octanol–water partition coefficient (Wildman–Crippen LogP) is 1.70. The number of alkyl carbamates (subject to hydrolysis) is 1. The number of carbonyl (C=O) groups is 1. The van der Waals surface area contributed by atoms with Gasteiger partial charge in [-0.05, 0) is 19.4 Å². The van der Waals surface area contributed by atoms with E-state index in [0.717, 1.165) is 5.56 Å². The van der Waals surface area contributed by atoms with Gasteiger partial charge in [0.25, 0.3) is 0 Å². The van der Waals surface area contributed by atoms with Gasteiger partial charge in [0.1, 0.15) is 6.61 Å². The fourth-order valence-electron chi connectivity index (χ4n) is 1.34. The Morgan fingerprint density at radius 2 is 2.00 bits per heavy atom. The van der Waals surface area contributed by atoms with Crippen molar-refractivity contribution in [3.8, 4) is 0 Å². The SMILES string of the molecule is CC(C)OCC(O)CNC(=O)OCc1ccccc1. The summed E-state index contributed by atoms with van der Waals surface area (Å²) in [5, 5.41) is 12.0. The van der Waals surface area contributed by atoms with Crippen molar-refractivity contribution in [2.75, 3.05) is 13.2 Å². The maximum atomic E-state index is 11.4. The first-order valence-corrected chi connectivity index (χ1v) is 6.32. The molecule has 1 unspecified atom stereocenters. The van der Waals surface area contributed by atoms with Crippen molar-refractivity contribution in [2.45, 2.75) is 32.7 Å². The Bertz CT molecular complexity index is 367. The van der Waals surface area contributed by atoms with E-state index in [0.29, 0.717) is 0 Å². The first-order valence-electron chi connectivity index (χ1n) is 6.32. The summed E-state index contributed by atoms with van der Waals surface area (Å²) in [5.41, 5.74) is 0.918. The summed E-state index contributed by atoms with van der Waals surface area (Å²) in [6, 6.07) is 9.40. The fraction of sp³-hybridized carbons (Fsp3) is 0.500. The number of benzene rings is 1. The molecule has 0 radical (unpaired) electrons. The average molecular weight is 267 g/mol. The molecule has 2 N–H and O–H groups in total. The van der Waals surface area contributed by atoms with Crippen LogP contribution in [0.5, 0.6) is 0 Å². The van der Waals surface area contributed by atoms with Gasteiger partial charge in [-0.25, -0.2) is 4.79 Å². The van der Waals surface area contributed by atoms with Gasteiger partial charge in [0.2, 0.25) is 0 Å². The summed E-state index contributed by atoms with van der Waals surface area (Å²) < 4.78 is 10.2. The number of hydrogen-bond acceptors (Lipinski definition) is 4. The molecule has 5 nitrogen and oxygen atoms in total. The van der Waals surface area contributed by atoms with Gasteiger partial charge in [-0.2, -0.15) is 0 Å². The molecule has 0 spiro atoms. The molecule has 0 aliphatic carbocycles. The van der Waals surface area contributed by atoms with Crippen molar-refractivity contribution in [1.29, 1.82) is 0 Å². The summed E-state index contributed by atoms with van der Waals surface area (Å²) in [6.45, 7) is 4.28. The minimum absolute atomic E-state index is 0.0553. The van der Waals surface area contributed by atoms with Crippen LogP contribution in [-0.4, -0.2) is 36.6 Å². The lowest BCUT2D eigenvalue weighted by molar-refractivity contribution is 0.00616. The van der Waals surface area contributed by atoms with E-state index < -0.39 is 12.2 Å². The molecule has 19 heavy (non-hydrogen) atoms. The number of ether oxygens (including phenoxy) is 2. The number of aliphatic hydroxyl groups excluding tert-OH is 1. The van der Waals surface area contributed by atoms with E-state index in [1.54, 1.807) is 0 Å². The first-order chi connectivity index (χ1) is 9.08. The van der Waals surface area contributed by atoms with Gasteiger partial charge in [0, 0.05) is 6.54 Å². The van der Waals surface area contributed by atoms with E-state index in [1.807, 2.05) is 44.2 Å². The molecular weight excluding hydrogens is 246 g/mol. The molecule has 1 rings (SSSR count). The monoisotopic (exact) mass is 267 g/mol. The summed E-state index contributed by atoms with van der Waals surface area (Å²) in [5.74, 6) is 0. The number of hydrogen-bond donors (Lipinski definition) is 2. The lowest BCUT2D eigenvalue weighted by Gasteiger charge is -2.14. The molecule has 0 aromatic heterocycles. The highest BCUT2D eigenvalue weighted by Crippen LogP contribution is 2.00. The minimum atomic E-state index is -0.730. The maximum absolute atomic E-state index is 11.4. The standard InChI is InChI=1S/C14H21NO4/c1-11(2)18-10-13(16)8-15-14(17)19-9-12-6-4-3-5-7-12/h3-7,11,13,16H,8-10H2,1-2H3,(H,15,17). The number of nitrogens with one attached hydrogen (secondary N) is 1. The summed E-state index contributed by atoms with van der Waals surface area (Å²) in [7, 11) is 0. The molecule has 0 heterocycles.